The molecule has 0 saturated carbocycles. The van der Waals surface area contributed by atoms with E-state index in [1.165, 1.54) is 18.3 Å². The normalized spacial score (nSPS) is 24.8. The molecule has 6 N–H and O–H groups in total. The molecule has 1 aliphatic rings. The number of hydrogen-bond donors (Lipinski definition) is 6. The van der Waals surface area contributed by atoms with Gasteiger partial charge in [0, 0.05) is 5.56 Å². The summed E-state index contributed by atoms with van der Waals surface area (Å²) >= 11 is 6.20. The SMILES string of the molecule is C[C@@H](Nc1cc(Cl)nc2c1cnn2[C@@H]1O[C@H](COP(=O)(O)CP(=O)(O)O)[C@@H](O)[C@H]1O)c1ccccc1F. The molecule has 4 rings (SSSR count). The van der Waals surface area contributed by atoms with Gasteiger partial charge >= 0.3 is 15.2 Å². The average Bonchev–Trinajstić information content (AvgIpc) is 3.32. The summed E-state index contributed by atoms with van der Waals surface area (Å²) in [4.78, 5) is 31.7. The predicted molar refractivity (Wildman–Crippen MR) is 130 cm³/mol. The molecule has 1 unspecified atom stereocenters. The van der Waals surface area contributed by atoms with Crippen LogP contribution in [0.2, 0.25) is 5.15 Å². The van der Waals surface area contributed by atoms with Crippen molar-refractivity contribution < 1.29 is 47.7 Å². The maximum absolute atomic E-state index is 14.2. The summed E-state index contributed by atoms with van der Waals surface area (Å²) in [5.41, 5.74) is 1.03. The van der Waals surface area contributed by atoms with Gasteiger partial charge in [-0.25, -0.2) is 14.1 Å². The number of fused-ring (bicyclic) bond motifs is 1. The van der Waals surface area contributed by atoms with Crippen molar-refractivity contribution in [3.05, 3.63) is 53.1 Å². The number of benzene rings is 1. The summed E-state index contributed by atoms with van der Waals surface area (Å²) in [5.74, 6) is -1.81. The van der Waals surface area contributed by atoms with Crippen LogP contribution in [0, 0.1) is 5.82 Å². The Balaban J connectivity index is 1.56. The smallest absolute Gasteiger partial charge is 0.340 e. The first kappa shape index (κ1) is 28.1. The number of aliphatic hydroxyl groups excluding tert-OH is 2. The maximum atomic E-state index is 14.2. The molecule has 1 aromatic carbocycles. The second kappa shape index (κ2) is 10.7. The lowest BCUT2D eigenvalue weighted by Crippen LogP contribution is -2.33. The highest BCUT2D eigenvalue weighted by Crippen LogP contribution is 2.55. The molecule has 6 atom stereocenters. The Morgan fingerprint density at radius 3 is 2.62 bits per heavy atom. The van der Waals surface area contributed by atoms with E-state index in [4.69, 9.17) is 30.6 Å². The van der Waals surface area contributed by atoms with Crippen LogP contribution in [0.15, 0.2) is 36.5 Å². The summed E-state index contributed by atoms with van der Waals surface area (Å²) in [5, 5.41) is 28.8. The Hall–Kier alpha value is -1.96. The van der Waals surface area contributed by atoms with Crippen LogP contribution in [0.3, 0.4) is 0 Å². The summed E-state index contributed by atoms with van der Waals surface area (Å²) in [6, 6.07) is 7.31. The molecule has 37 heavy (non-hydrogen) atoms. The number of aliphatic hydroxyl groups is 2. The number of hydrogen-bond acceptors (Lipinski definition) is 9. The van der Waals surface area contributed by atoms with E-state index in [-0.39, 0.29) is 10.8 Å². The fourth-order valence-electron chi connectivity index (χ4n) is 3.96. The number of nitrogens with one attached hydrogen (secondary N) is 1. The minimum Gasteiger partial charge on any atom is -0.387 e. The van der Waals surface area contributed by atoms with E-state index in [1.807, 2.05) is 0 Å². The van der Waals surface area contributed by atoms with Gasteiger partial charge in [0.05, 0.1) is 29.9 Å². The van der Waals surface area contributed by atoms with Gasteiger partial charge in [-0.1, -0.05) is 29.8 Å². The molecule has 3 aromatic rings. The predicted octanol–water partition coefficient (Wildman–Crippen LogP) is 2.35. The molecule has 202 valence electrons. The van der Waals surface area contributed by atoms with E-state index in [0.717, 1.165) is 4.68 Å². The molecule has 1 aliphatic heterocycles. The Bertz CT molecular complexity index is 1390. The van der Waals surface area contributed by atoms with Crippen molar-refractivity contribution in [3.8, 4) is 0 Å². The molecule has 1 fully saturated rings. The van der Waals surface area contributed by atoms with Crippen LogP contribution in [0.25, 0.3) is 11.0 Å². The molecule has 0 bridgehead atoms. The van der Waals surface area contributed by atoms with Crippen LogP contribution in [0.4, 0.5) is 10.1 Å². The highest BCUT2D eigenvalue weighted by atomic mass is 35.5. The van der Waals surface area contributed by atoms with Crippen molar-refractivity contribution in [3.63, 3.8) is 0 Å². The third-order valence-electron chi connectivity index (χ3n) is 5.66. The van der Waals surface area contributed by atoms with E-state index >= 15 is 0 Å². The van der Waals surface area contributed by atoms with Crippen LogP contribution in [0.5, 0.6) is 0 Å². The Morgan fingerprint density at radius 1 is 1.24 bits per heavy atom. The van der Waals surface area contributed by atoms with E-state index in [9.17, 15) is 28.6 Å². The number of anilines is 1. The fraction of sp³-hybridized carbons (Fsp3) is 0.400. The molecule has 0 aliphatic carbocycles. The van der Waals surface area contributed by atoms with Crippen molar-refractivity contribution in [2.75, 3.05) is 17.8 Å². The highest BCUT2D eigenvalue weighted by molar-refractivity contribution is 7.70. The first-order valence-corrected chi connectivity index (χ1v) is 14.8. The first-order chi connectivity index (χ1) is 17.3. The second-order valence-electron chi connectivity index (χ2n) is 8.49. The van der Waals surface area contributed by atoms with E-state index in [1.54, 1.807) is 25.1 Å². The summed E-state index contributed by atoms with van der Waals surface area (Å²) in [7, 11) is -9.56. The molecule has 1 saturated heterocycles. The van der Waals surface area contributed by atoms with Crippen LogP contribution >= 0.6 is 26.8 Å². The Kier molecular flexibility index (Phi) is 8.08. The van der Waals surface area contributed by atoms with E-state index in [2.05, 4.69) is 15.4 Å². The van der Waals surface area contributed by atoms with Crippen molar-refractivity contribution in [2.24, 2.45) is 0 Å². The molecule has 3 heterocycles. The minimum atomic E-state index is -4.85. The lowest BCUT2D eigenvalue weighted by Gasteiger charge is -2.19. The van der Waals surface area contributed by atoms with Crippen molar-refractivity contribution in [2.45, 2.75) is 37.5 Å². The number of pyridine rings is 1. The molecule has 13 nitrogen and oxygen atoms in total. The third-order valence-corrected chi connectivity index (χ3v) is 9.31. The second-order valence-corrected chi connectivity index (χ2v) is 12.9. The molecular weight excluding hydrogens is 557 g/mol. The summed E-state index contributed by atoms with van der Waals surface area (Å²) in [6.45, 7) is 1.00. The van der Waals surface area contributed by atoms with E-state index in [0.29, 0.717) is 16.6 Å². The monoisotopic (exact) mass is 580 g/mol. The largest absolute Gasteiger partial charge is 0.387 e. The van der Waals surface area contributed by atoms with Gasteiger partial charge in [0.2, 0.25) is 0 Å². The molecule has 2 aromatic heterocycles. The number of ether oxygens (including phenoxy) is 1. The van der Waals surface area contributed by atoms with Gasteiger partial charge in [-0.3, -0.25) is 9.13 Å². The molecule has 0 spiro atoms. The molecular formula is C20H24ClFN4O9P2. The van der Waals surface area contributed by atoms with Gasteiger partial charge in [0.1, 0.15) is 29.3 Å². The summed E-state index contributed by atoms with van der Waals surface area (Å²) in [6.07, 6.45) is -4.43. The number of nitrogens with zero attached hydrogens (tertiary/aromatic N) is 3. The first-order valence-electron chi connectivity index (χ1n) is 10.8. The Labute approximate surface area is 214 Å². The summed E-state index contributed by atoms with van der Waals surface area (Å²) < 4.78 is 48.6. The topological polar surface area (TPSA) is 196 Å². The number of rotatable bonds is 9. The number of halogens is 2. The van der Waals surface area contributed by atoms with Crippen molar-refractivity contribution >= 4 is 43.5 Å². The van der Waals surface area contributed by atoms with Crippen LogP contribution in [-0.4, -0.2) is 70.5 Å². The quantitative estimate of drug-likeness (QED) is 0.160. The van der Waals surface area contributed by atoms with Crippen molar-refractivity contribution in [1.29, 1.82) is 0 Å². The molecule has 17 heteroatoms. The third kappa shape index (κ3) is 6.37. The van der Waals surface area contributed by atoms with Crippen molar-refractivity contribution in [1.82, 2.24) is 14.8 Å². The molecule has 0 amide bonds. The zero-order valence-corrected chi connectivity index (χ0v) is 21.7. The van der Waals surface area contributed by atoms with Gasteiger partial charge in [-0.2, -0.15) is 5.10 Å². The van der Waals surface area contributed by atoms with Gasteiger partial charge in [-0.05, 0) is 19.1 Å². The molecule has 0 radical (unpaired) electrons. The lowest BCUT2D eigenvalue weighted by atomic mass is 10.1. The maximum Gasteiger partial charge on any atom is 0.340 e. The van der Waals surface area contributed by atoms with Crippen LogP contribution in [0.1, 0.15) is 24.8 Å². The van der Waals surface area contributed by atoms with Gasteiger partial charge in [0.25, 0.3) is 0 Å². The standard InChI is InChI=1S/C20H24ClFN4O9P2/c1-10(11-4-2-3-5-13(11)22)24-14-6-16(21)25-19-12(14)7-23-26(19)20-18(28)17(27)15(35-20)8-34-37(32,33)9-36(29,30)31/h2-7,10,15,17-18,20,27-28H,8-9H2,1H3,(H,24,25)(H,32,33)(H2,29,30,31)/t10-,15-,17-,18-,20-/m1/s1. The zero-order valence-electron chi connectivity index (χ0n) is 19.1. The lowest BCUT2D eigenvalue weighted by molar-refractivity contribution is -0.0541. The Morgan fingerprint density at radius 2 is 1.95 bits per heavy atom. The fourth-order valence-corrected chi connectivity index (χ4v) is 6.72. The van der Waals surface area contributed by atoms with E-state index < -0.39 is 64.1 Å². The van der Waals surface area contributed by atoms with Gasteiger partial charge in [-0.15, -0.1) is 0 Å². The van der Waals surface area contributed by atoms with Gasteiger partial charge < -0.3 is 39.5 Å². The minimum absolute atomic E-state index is 0.0454. The van der Waals surface area contributed by atoms with Crippen LogP contribution in [-0.2, 0) is 18.4 Å². The highest BCUT2D eigenvalue weighted by Gasteiger charge is 2.46. The van der Waals surface area contributed by atoms with Gasteiger partial charge in [0.15, 0.2) is 17.8 Å². The zero-order chi connectivity index (χ0) is 27.1. The number of aromatic nitrogens is 3. The van der Waals surface area contributed by atoms with Crippen LogP contribution < -0.4 is 5.32 Å². The average molecular weight is 581 g/mol.